The Labute approximate surface area is 187 Å². The van der Waals surface area contributed by atoms with E-state index >= 15 is 0 Å². The average Bonchev–Trinajstić information content (AvgIpc) is 2.59. The molecule has 0 spiro atoms. The molecule has 0 bridgehead atoms. The first kappa shape index (κ1) is 36.2. The van der Waals surface area contributed by atoms with Crippen LogP contribution in [-0.4, -0.2) is 71.6 Å². The number of halogens is 26. The molecule has 0 aromatic heterocycles. The third kappa shape index (κ3) is 3.98. The SMILES string of the molecule is FC(F)(F)C(F)(C(F)(F)F)C(F)(C(F)(F)F)C(F)(F)F.FC(F)(F)C1(F)C(F)(F)C(F)(F)C1(F)C(F)(F)F. The van der Waals surface area contributed by atoms with Crippen LogP contribution in [0.15, 0.2) is 0 Å². The Hall–Kier alpha value is -1.82. The monoisotopic (exact) mass is 638 g/mol. The molecule has 1 aliphatic carbocycles. The highest BCUT2D eigenvalue weighted by Crippen LogP contribution is 2.76. The highest BCUT2D eigenvalue weighted by atomic mass is 19.5. The fraction of sp³-hybridized carbons (Fsp3) is 1.00. The number of hydrogen-bond acceptors (Lipinski definition) is 0. The summed E-state index contributed by atoms with van der Waals surface area (Å²) in [5.74, 6) is -13.7. The van der Waals surface area contributed by atoms with Crippen LogP contribution >= 0.6 is 0 Å². The highest BCUT2D eigenvalue weighted by Gasteiger charge is 3.10. The number of rotatable bonds is 1. The topological polar surface area (TPSA) is 0 Å². The molecule has 230 valence electrons. The molecule has 1 aliphatic rings. The molecule has 0 amide bonds. The van der Waals surface area contributed by atoms with Crippen LogP contribution in [0.1, 0.15) is 0 Å². The summed E-state index contributed by atoms with van der Waals surface area (Å²) in [6, 6.07) is 0. The maximum absolute atomic E-state index is 12.8. The molecular formula is C12F26. The van der Waals surface area contributed by atoms with Crippen LogP contribution in [0.3, 0.4) is 0 Å². The van der Waals surface area contributed by atoms with Crippen LogP contribution in [0.25, 0.3) is 0 Å². The molecule has 38 heavy (non-hydrogen) atoms. The van der Waals surface area contributed by atoms with Crippen molar-refractivity contribution < 1.29 is 114 Å². The molecule has 0 N–H and O–H groups in total. The zero-order chi connectivity index (χ0) is 32.0. The van der Waals surface area contributed by atoms with E-state index in [1.54, 1.807) is 0 Å². The van der Waals surface area contributed by atoms with Gasteiger partial charge in [-0.2, -0.15) is 96.6 Å². The lowest BCUT2D eigenvalue weighted by Crippen LogP contribution is -2.93. The molecule has 0 aliphatic heterocycles. The van der Waals surface area contributed by atoms with Crippen molar-refractivity contribution in [3.8, 4) is 0 Å². The summed E-state index contributed by atoms with van der Waals surface area (Å²) in [7, 11) is 0. The summed E-state index contributed by atoms with van der Waals surface area (Å²) in [5.41, 5.74) is -30.5. The summed E-state index contributed by atoms with van der Waals surface area (Å²) in [6.45, 7) is 0. The minimum Gasteiger partial charge on any atom is -0.222 e. The standard InChI is InChI=1S/C6F14.C6F12/c7-1(3(9,10)11,4(12,13)14)2(8,5(15,16)17)6(18,19)20;7-1(5(13,14)15)2(8,6(16,17)18)4(11,12)3(1,9)10. The molecule has 0 heterocycles. The van der Waals surface area contributed by atoms with Gasteiger partial charge in [-0.15, -0.1) is 0 Å². The largest absolute Gasteiger partial charge is 0.435 e. The van der Waals surface area contributed by atoms with Gasteiger partial charge in [0, 0.05) is 0 Å². The summed E-state index contributed by atoms with van der Waals surface area (Å²) >= 11 is 0. The molecule has 1 saturated carbocycles. The van der Waals surface area contributed by atoms with E-state index in [0.717, 1.165) is 0 Å². The molecule has 2 atom stereocenters. The van der Waals surface area contributed by atoms with E-state index in [9.17, 15) is 114 Å². The van der Waals surface area contributed by atoms with Crippen LogP contribution in [0.4, 0.5) is 114 Å². The maximum atomic E-state index is 12.8. The molecular weight excluding hydrogens is 638 g/mol. The van der Waals surface area contributed by atoms with Crippen molar-refractivity contribution in [1.29, 1.82) is 0 Å². The van der Waals surface area contributed by atoms with Crippen molar-refractivity contribution >= 4 is 0 Å². The third-order valence-electron chi connectivity index (χ3n) is 4.55. The van der Waals surface area contributed by atoms with E-state index in [1.165, 1.54) is 0 Å². The second-order valence-corrected chi connectivity index (χ2v) is 6.77. The van der Waals surface area contributed by atoms with Crippen molar-refractivity contribution in [3.05, 3.63) is 0 Å². The molecule has 1 rings (SSSR count). The maximum Gasteiger partial charge on any atom is 0.435 e. The zero-order valence-corrected chi connectivity index (χ0v) is 15.8. The molecule has 26 heteroatoms. The smallest absolute Gasteiger partial charge is 0.222 e. The summed E-state index contributed by atoms with van der Waals surface area (Å²) < 4.78 is 313. The zero-order valence-electron chi connectivity index (χ0n) is 15.8. The van der Waals surface area contributed by atoms with Gasteiger partial charge in [-0.3, -0.25) is 0 Å². The van der Waals surface area contributed by atoms with Crippen LogP contribution in [0, 0.1) is 0 Å². The van der Waals surface area contributed by atoms with Crippen molar-refractivity contribution in [2.75, 3.05) is 0 Å². The third-order valence-corrected chi connectivity index (χ3v) is 4.55. The fourth-order valence-electron chi connectivity index (χ4n) is 2.65. The molecule has 1 fully saturated rings. The summed E-state index contributed by atoms with van der Waals surface area (Å²) in [5, 5.41) is 0. The molecule has 0 aromatic carbocycles. The Morgan fingerprint density at radius 1 is 0.263 bits per heavy atom. The lowest BCUT2D eigenvalue weighted by atomic mass is 9.60. The van der Waals surface area contributed by atoms with Gasteiger partial charge < -0.3 is 0 Å². The van der Waals surface area contributed by atoms with Gasteiger partial charge in [0.25, 0.3) is 0 Å². The Balaban J connectivity index is 0.000000724. The normalized spacial score (nSPS) is 27.3. The van der Waals surface area contributed by atoms with Crippen molar-refractivity contribution in [2.45, 2.75) is 71.6 Å². The van der Waals surface area contributed by atoms with Crippen molar-refractivity contribution in [3.63, 3.8) is 0 Å². The van der Waals surface area contributed by atoms with Gasteiger partial charge in [-0.25, -0.2) is 17.6 Å². The second kappa shape index (κ2) is 8.34. The minimum absolute atomic E-state index is 6.87. The first-order valence-corrected chi connectivity index (χ1v) is 7.66. The lowest BCUT2D eigenvalue weighted by Gasteiger charge is -2.58. The fourth-order valence-corrected chi connectivity index (χ4v) is 2.65. The predicted octanol–water partition coefficient (Wildman–Crippen LogP) is 8.46. The van der Waals surface area contributed by atoms with Crippen molar-refractivity contribution in [1.82, 2.24) is 0 Å². The Bertz CT molecular complexity index is 754. The molecule has 0 aromatic rings. The van der Waals surface area contributed by atoms with Crippen molar-refractivity contribution in [2.24, 2.45) is 0 Å². The molecule has 0 radical (unpaired) electrons. The average molecular weight is 638 g/mol. The van der Waals surface area contributed by atoms with Crippen LogP contribution in [0.5, 0.6) is 0 Å². The van der Waals surface area contributed by atoms with E-state index < -0.39 is 71.6 Å². The van der Waals surface area contributed by atoms with Crippen LogP contribution in [0.2, 0.25) is 0 Å². The van der Waals surface area contributed by atoms with E-state index in [0.29, 0.717) is 0 Å². The Morgan fingerprint density at radius 3 is 0.474 bits per heavy atom. The Morgan fingerprint density at radius 2 is 0.395 bits per heavy atom. The first-order chi connectivity index (χ1) is 15.8. The van der Waals surface area contributed by atoms with Gasteiger partial charge in [-0.1, -0.05) is 0 Å². The van der Waals surface area contributed by atoms with Gasteiger partial charge in [0.2, 0.25) is 0 Å². The van der Waals surface area contributed by atoms with E-state index in [4.69, 9.17) is 0 Å². The van der Waals surface area contributed by atoms with Gasteiger partial charge in [-0.05, 0) is 0 Å². The van der Waals surface area contributed by atoms with Gasteiger partial charge in [0.15, 0.2) is 0 Å². The molecule has 2 unspecified atom stereocenters. The van der Waals surface area contributed by atoms with Crippen LogP contribution in [-0.2, 0) is 0 Å². The minimum atomic E-state index is -8.22. The predicted molar refractivity (Wildman–Crippen MR) is 61.6 cm³/mol. The lowest BCUT2D eigenvalue weighted by molar-refractivity contribution is -0.531. The number of alkyl halides is 26. The van der Waals surface area contributed by atoms with Gasteiger partial charge in [0.1, 0.15) is 0 Å². The van der Waals surface area contributed by atoms with Gasteiger partial charge >= 0.3 is 71.6 Å². The Kier molecular flexibility index (Phi) is 7.95. The molecule has 0 nitrogen and oxygen atoms in total. The van der Waals surface area contributed by atoms with Gasteiger partial charge in [0.05, 0.1) is 0 Å². The summed E-state index contributed by atoms with van der Waals surface area (Å²) in [4.78, 5) is 0. The quantitative estimate of drug-likeness (QED) is 0.253. The first-order valence-electron chi connectivity index (χ1n) is 7.66. The van der Waals surface area contributed by atoms with E-state index in [1.807, 2.05) is 0 Å². The van der Waals surface area contributed by atoms with E-state index in [-0.39, 0.29) is 0 Å². The summed E-state index contributed by atoms with van der Waals surface area (Å²) in [6.07, 6.45) is -45.8. The number of hydrogen-bond donors (Lipinski definition) is 0. The molecule has 0 saturated heterocycles. The van der Waals surface area contributed by atoms with E-state index in [2.05, 4.69) is 0 Å². The van der Waals surface area contributed by atoms with Crippen LogP contribution < -0.4 is 0 Å². The second-order valence-electron chi connectivity index (χ2n) is 6.77. The highest BCUT2D eigenvalue weighted by molar-refractivity contribution is 5.36.